The van der Waals surface area contributed by atoms with Crippen LogP contribution in [-0.2, 0) is 24.2 Å². The number of nitrogens with one attached hydrogen (secondary N) is 1. The van der Waals surface area contributed by atoms with Gasteiger partial charge in [-0.3, -0.25) is 4.79 Å². The zero-order valence-corrected chi connectivity index (χ0v) is 24.9. The van der Waals surface area contributed by atoms with Crippen molar-refractivity contribution in [2.45, 2.75) is 46.1 Å². The first-order valence-corrected chi connectivity index (χ1v) is 14.7. The molecule has 0 unspecified atom stereocenters. The largest absolute Gasteiger partial charge is 0.489 e. The van der Waals surface area contributed by atoms with Crippen molar-refractivity contribution in [3.05, 3.63) is 103 Å². The van der Waals surface area contributed by atoms with Crippen LogP contribution in [-0.4, -0.2) is 10.5 Å². The Morgan fingerprint density at radius 1 is 1.10 bits per heavy atom. The predicted octanol–water partition coefficient (Wildman–Crippen LogP) is 8.34. The molecule has 0 spiro atoms. The summed E-state index contributed by atoms with van der Waals surface area (Å²) in [5, 5.41) is 24.0. The summed E-state index contributed by atoms with van der Waals surface area (Å²) in [4.78, 5) is 14.3. The van der Waals surface area contributed by atoms with Gasteiger partial charge in [-0.1, -0.05) is 29.3 Å². The van der Waals surface area contributed by atoms with Gasteiger partial charge in [0.2, 0.25) is 0 Å². The van der Waals surface area contributed by atoms with Gasteiger partial charge in [0, 0.05) is 37.6 Å². The van der Waals surface area contributed by atoms with Crippen LogP contribution < -0.4 is 10.1 Å². The lowest BCUT2D eigenvalue weighted by Crippen LogP contribution is -2.13. The van der Waals surface area contributed by atoms with E-state index in [0.717, 1.165) is 64.3 Å². The number of hydrogen-bond acceptors (Lipinski definition) is 5. The van der Waals surface area contributed by atoms with E-state index in [1.54, 1.807) is 18.2 Å². The fourth-order valence-corrected chi connectivity index (χ4v) is 6.77. The van der Waals surface area contributed by atoms with Gasteiger partial charge in [-0.15, -0.1) is 11.3 Å². The number of carbonyl (C=O) groups is 1. The molecular weight excluding hydrogens is 575 g/mol. The minimum absolute atomic E-state index is 0.0230. The number of benzene rings is 2. The number of ether oxygens (including phenoxy) is 1. The van der Waals surface area contributed by atoms with Crippen molar-refractivity contribution >= 4 is 51.5 Å². The molecule has 1 amide bonds. The van der Waals surface area contributed by atoms with Crippen LogP contribution in [0.25, 0.3) is 11.8 Å². The van der Waals surface area contributed by atoms with E-state index < -0.39 is 5.91 Å². The molecule has 1 aliphatic rings. The Bertz CT molecular complexity index is 1750. The van der Waals surface area contributed by atoms with Gasteiger partial charge in [-0.25, -0.2) is 0 Å². The van der Waals surface area contributed by atoms with E-state index in [-0.39, 0.29) is 5.57 Å². The molecule has 0 aliphatic heterocycles. The molecule has 206 valence electrons. The fraction of sp³-hybridized carbons (Fsp3) is 0.219. The molecule has 0 fully saturated rings. The van der Waals surface area contributed by atoms with Crippen molar-refractivity contribution in [2.75, 3.05) is 5.32 Å². The number of hydrogen-bond donors (Lipinski definition) is 1. The van der Waals surface area contributed by atoms with Crippen LogP contribution >= 0.6 is 34.5 Å². The van der Waals surface area contributed by atoms with Crippen LogP contribution in [0.2, 0.25) is 10.0 Å². The molecule has 2 aromatic carbocycles. The number of anilines is 1. The smallest absolute Gasteiger partial charge is 0.266 e. The summed E-state index contributed by atoms with van der Waals surface area (Å²) in [6.07, 6.45) is 5.49. The molecule has 9 heteroatoms. The summed E-state index contributed by atoms with van der Waals surface area (Å²) in [5.74, 6) is 0.174. The van der Waals surface area contributed by atoms with Gasteiger partial charge in [0.1, 0.15) is 35.1 Å². The molecule has 1 N–H and O–H groups in total. The van der Waals surface area contributed by atoms with E-state index >= 15 is 0 Å². The van der Waals surface area contributed by atoms with E-state index in [1.807, 2.05) is 56.3 Å². The molecule has 0 atom stereocenters. The molecule has 0 bridgehead atoms. The monoisotopic (exact) mass is 600 g/mol. The first-order valence-electron chi connectivity index (χ1n) is 13.1. The number of halogens is 2. The topological polar surface area (TPSA) is 90.8 Å². The highest BCUT2D eigenvalue weighted by atomic mass is 35.5. The van der Waals surface area contributed by atoms with Crippen molar-refractivity contribution < 1.29 is 9.53 Å². The lowest BCUT2D eigenvalue weighted by molar-refractivity contribution is -0.112. The molecule has 0 saturated carbocycles. The normalized spacial score (nSPS) is 12.8. The average molecular weight is 602 g/mol. The molecule has 5 rings (SSSR count). The predicted molar refractivity (Wildman–Crippen MR) is 164 cm³/mol. The number of thiophene rings is 1. The highest BCUT2D eigenvalue weighted by Gasteiger charge is 2.23. The van der Waals surface area contributed by atoms with Crippen LogP contribution in [0.1, 0.15) is 51.4 Å². The van der Waals surface area contributed by atoms with Gasteiger partial charge in [-0.05, 0) is 99.2 Å². The van der Waals surface area contributed by atoms with Crippen LogP contribution in [0.15, 0.2) is 54.1 Å². The quantitative estimate of drug-likeness (QED) is 0.170. The number of rotatable bonds is 7. The summed E-state index contributed by atoms with van der Waals surface area (Å²) in [6.45, 7) is 4.23. The third-order valence-corrected chi connectivity index (χ3v) is 8.94. The van der Waals surface area contributed by atoms with Crippen molar-refractivity contribution in [3.63, 3.8) is 0 Å². The summed E-state index contributed by atoms with van der Waals surface area (Å²) in [7, 11) is 0. The Kier molecular flexibility index (Phi) is 8.52. The van der Waals surface area contributed by atoms with Crippen molar-refractivity contribution in [2.24, 2.45) is 0 Å². The second-order valence-electron chi connectivity index (χ2n) is 9.83. The summed E-state index contributed by atoms with van der Waals surface area (Å²) in [5.41, 5.74) is 5.89. The Labute approximate surface area is 253 Å². The van der Waals surface area contributed by atoms with E-state index in [1.165, 1.54) is 11.3 Å². The second kappa shape index (κ2) is 12.2. The maximum Gasteiger partial charge on any atom is 0.266 e. The molecule has 2 aromatic heterocycles. The van der Waals surface area contributed by atoms with Crippen molar-refractivity contribution in [1.29, 1.82) is 10.5 Å². The van der Waals surface area contributed by atoms with Gasteiger partial charge < -0.3 is 14.6 Å². The molecule has 6 nitrogen and oxygen atoms in total. The second-order valence-corrected chi connectivity index (χ2v) is 11.8. The van der Waals surface area contributed by atoms with Crippen molar-refractivity contribution in [1.82, 2.24) is 4.57 Å². The van der Waals surface area contributed by atoms with E-state index in [4.69, 9.17) is 27.9 Å². The number of nitrogens with zero attached hydrogens (tertiary/aromatic N) is 3. The maximum absolute atomic E-state index is 13.1. The SMILES string of the molecule is Cc1cc(/C=C(\C#N)C(=O)Nc2sc3c(c2C#N)CCCC3)c(C)n1-c1ccc(OCc2ccc(Cl)cc2Cl)cc1. The minimum Gasteiger partial charge on any atom is -0.489 e. The lowest BCUT2D eigenvalue weighted by Gasteiger charge is -2.12. The summed E-state index contributed by atoms with van der Waals surface area (Å²) < 4.78 is 7.96. The molecule has 0 saturated heterocycles. The first kappa shape index (κ1) is 28.5. The van der Waals surface area contributed by atoms with E-state index in [0.29, 0.717) is 33.0 Å². The first-order chi connectivity index (χ1) is 19.8. The Morgan fingerprint density at radius 2 is 1.85 bits per heavy atom. The third kappa shape index (κ3) is 6.04. The zero-order chi connectivity index (χ0) is 29.1. The molecular formula is C32H26Cl2N4O2S. The van der Waals surface area contributed by atoms with Crippen molar-refractivity contribution in [3.8, 4) is 23.6 Å². The van der Waals surface area contributed by atoms with Gasteiger partial charge in [0.25, 0.3) is 5.91 Å². The number of aromatic nitrogens is 1. The number of nitriles is 2. The molecule has 2 heterocycles. The maximum atomic E-state index is 13.1. The highest BCUT2D eigenvalue weighted by molar-refractivity contribution is 7.16. The Morgan fingerprint density at radius 3 is 2.56 bits per heavy atom. The summed E-state index contributed by atoms with van der Waals surface area (Å²) in [6, 6.07) is 19.2. The summed E-state index contributed by atoms with van der Waals surface area (Å²) >= 11 is 13.7. The number of aryl methyl sites for hydroxylation is 2. The number of amides is 1. The van der Waals surface area contributed by atoms with Crippen LogP contribution in [0.5, 0.6) is 5.75 Å². The zero-order valence-electron chi connectivity index (χ0n) is 22.6. The molecule has 4 aromatic rings. The highest BCUT2D eigenvalue weighted by Crippen LogP contribution is 2.38. The Hall–Kier alpha value is -4.01. The fourth-order valence-electron chi connectivity index (χ4n) is 5.07. The van der Waals surface area contributed by atoms with Gasteiger partial charge in [0.05, 0.1) is 5.56 Å². The minimum atomic E-state index is -0.519. The number of carbonyl (C=O) groups excluding carboxylic acids is 1. The lowest BCUT2D eigenvalue weighted by atomic mass is 9.96. The van der Waals surface area contributed by atoms with Crippen LogP contribution in [0.4, 0.5) is 5.00 Å². The molecule has 41 heavy (non-hydrogen) atoms. The van der Waals surface area contributed by atoms with Crippen LogP contribution in [0, 0.1) is 36.5 Å². The van der Waals surface area contributed by atoms with E-state index in [9.17, 15) is 15.3 Å². The molecule has 1 aliphatic carbocycles. The number of fused-ring (bicyclic) bond motifs is 1. The van der Waals surface area contributed by atoms with Gasteiger partial charge >= 0.3 is 0 Å². The standard InChI is InChI=1S/C32H26Cl2N4O2S/c1-19-13-22(14-23(16-35)31(39)37-32-28(17-36)27-5-3-4-6-30(27)41-32)20(2)38(19)25-9-11-26(12-10-25)40-18-21-7-8-24(33)15-29(21)34/h7-15H,3-6,18H2,1-2H3,(H,37,39)/b23-14+. The third-order valence-electron chi connectivity index (χ3n) is 7.15. The van der Waals surface area contributed by atoms with E-state index in [2.05, 4.69) is 16.0 Å². The average Bonchev–Trinajstić information content (AvgIpc) is 3.46. The van der Waals surface area contributed by atoms with Gasteiger partial charge in [-0.2, -0.15) is 10.5 Å². The van der Waals surface area contributed by atoms with Crippen LogP contribution in [0.3, 0.4) is 0 Å². The Balaban J connectivity index is 1.33. The molecule has 0 radical (unpaired) electrons. The van der Waals surface area contributed by atoms with Gasteiger partial charge in [0.15, 0.2) is 0 Å².